The first-order valence-electron chi connectivity index (χ1n) is 12.3. The molecule has 0 aliphatic heterocycles. The summed E-state index contributed by atoms with van der Waals surface area (Å²) >= 11 is 0. The van der Waals surface area contributed by atoms with Crippen LogP contribution in [0.1, 0.15) is 58.1 Å². The van der Waals surface area contributed by atoms with Crippen molar-refractivity contribution in [3.8, 4) is 6.07 Å². The monoisotopic (exact) mass is 459 g/mol. The van der Waals surface area contributed by atoms with Crippen molar-refractivity contribution in [1.82, 2.24) is 9.78 Å². The number of rotatable bonds is 6. The molecule has 0 aromatic carbocycles. The number of aromatic nitrogens is 2. The first-order valence-corrected chi connectivity index (χ1v) is 12.3. The number of carbonyl (C=O) groups is 1. The van der Waals surface area contributed by atoms with Gasteiger partial charge >= 0.3 is 0 Å². The average molecular weight is 460 g/mol. The van der Waals surface area contributed by atoms with Crippen LogP contribution in [0.25, 0.3) is 0 Å². The summed E-state index contributed by atoms with van der Waals surface area (Å²) in [6, 6.07) is 3.63. The van der Waals surface area contributed by atoms with Gasteiger partial charge in [0.1, 0.15) is 12.6 Å². The minimum absolute atomic E-state index is 0.0243. The van der Waals surface area contributed by atoms with Gasteiger partial charge in [0.15, 0.2) is 11.5 Å². The summed E-state index contributed by atoms with van der Waals surface area (Å²) < 4.78 is 6.89. The van der Waals surface area contributed by atoms with Gasteiger partial charge in [-0.1, -0.05) is 31.2 Å². The maximum Gasteiger partial charge on any atom is 0.181 e. The number of hydrogen-bond donors (Lipinski definition) is 1. The fourth-order valence-corrected chi connectivity index (χ4v) is 7.13. The Balaban J connectivity index is 1.42. The Hall–Kier alpha value is -2.75. The van der Waals surface area contributed by atoms with Crippen molar-refractivity contribution in [2.75, 3.05) is 13.7 Å². The molecule has 0 radical (unpaired) electrons. The lowest BCUT2D eigenvalue weighted by Gasteiger charge is -2.55. The summed E-state index contributed by atoms with van der Waals surface area (Å²) in [4.78, 5) is 13.3. The van der Waals surface area contributed by atoms with Gasteiger partial charge in [-0.25, -0.2) is 0 Å². The van der Waals surface area contributed by atoms with Crippen molar-refractivity contribution >= 4 is 5.78 Å². The fraction of sp³-hybridized carbons (Fsp3) is 0.536. The maximum absolute atomic E-state index is 13.3. The van der Waals surface area contributed by atoms with E-state index in [1.807, 2.05) is 12.1 Å². The SMILES string of the molecule is CC[C@]12CC[C@](O)(COC)C[C@@H]1CCC1=C2C=C[C@]2(C)C(C(=O)Cn3ccc(C#N)n3)=CC=C12. The number of nitriles is 1. The van der Waals surface area contributed by atoms with E-state index in [1.54, 1.807) is 24.1 Å². The minimum Gasteiger partial charge on any atom is -0.387 e. The van der Waals surface area contributed by atoms with E-state index in [0.717, 1.165) is 44.1 Å². The van der Waals surface area contributed by atoms with E-state index in [1.165, 1.54) is 16.7 Å². The zero-order chi connectivity index (χ0) is 24.1. The summed E-state index contributed by atoms with van der Waals surface area (Å²) in [5, 5.41) is 24.3. The largest absolute Gasteiger partial charge is 0.387 e. The first-order chi connectivity index (χ1) is 16.3. The summed E-state index contributed by atoms with van der Waals surface area (Å²) in [5.74, 6) is 0.459. The molecule has 6 heteroatoms. The second-order valence-electron chi connectivity index (χ2n) is 10.6. The molecule has 178 valence electrons. The highest BCUT2D eigenvalue weighted by molar-refractivity contribution is 5.99. The Morgan fingerprint density at radius 2 is 2.21 bits per heavy atom. The average Bonchev–Trinajstić information content (AvgIpc) is 3.42. The van der Waals surface area contributed by atoms with Gasteiger partial charge in [0.25, 0.3) is 0 Å². The predicted molar refractivity (Wildman–Crippen MR) is 129 cm³/mol. The van der Waals surface area contributed by atoms with Crippen LogP contribution in [0.4, 0.5) is 0 Å². The molecule has 1 fully saturated rings. The van der Waals surface area contributed by atoms with Crippen molar-refractivity contribution in [1.29, 1.82) is 5.26 Å². The van der Waals surface area contributed by atoms with E-state index in [2.05, 4.69) is 37.2 Å². The van der Waals surface area contributed by atoms with Gasteiger partial charge in [-0.15, -0.1) is 0 Å². The van der Waals surface area contributed by atoms with E-state index >= 15 is 0 Å². The molecular weight excluding hydrogens is 426 g/mol. The van der Waals surface area contributed by atoms with Gasteiger partial charge in [-0.2, -0.15) is 10.4 Å². The third kappa shape index (κ3) is 3.37. The summed E-state index contributed by atoms with van der Waals surface area (Å²) in [6.45, 7) is 4.95. The number of fused-ring (bicyclic) bond motifs is 4. The van der Waals surface area contributed by atoms with Crippen LogP contribution in [0.2, 0.25) is 0 Å². The van der Waals surface area contributed by atoms with Crippen LogP contribution in [0.15, 0.2) is 58.9 Å². The lowest BCUT2D eigenvalue weighted by Crippen LogP contribution is -2.50. The van der Waals surface area contributed by atoms with Crippen molar-refractivity contribution < 1.29 is 14.6 Å². The zero-order valence-electron chi connectivity index (χ0n) is 20.3. The molecule has 1 aromatic rings. The Morgan fingerprint density at radius 1 is 1.38 bits per heavy atom. The smallest absolute Gasteiger partial charge is 0.181 e. The Labute approximate surface area is 201 Å². The highest BCUT2D eigenvalue weighted by Gasteiger charge is 2.53. The van der Waals surface area contributed by atoms with Gasteiger partial charge in [-0.3, -0.25) is 9.48 Å². The number of carbonyl (C=O) groups excluding carboxylic acids is 1. The molecule has 1 aromatic heterocycles. The molecule has 5 rings (SSSR count). The molecule has 1 heterocycles. The minimum atomic E-state index is -0.727. The second kappa shape index (κ2) is 8.18. The van der Waals surface area contributed by atoms with Crippen LogP contribution < -0.4 is 0 Å². The first kappa shape index (κ1) is 23.0. The molecule has 0 unspecified atom stereocenters. The lowest BCUT2D eigenvalue weighted by molar-refractivity contribution is -0.116. The fourth-order valence-electron chi connectivity index (χ4n) is 7.13. The van der Waals surface area contributed by atoms with E-state index in [4.69, 9.17) is 10.00 Å². The van der Waals surface area contributed by atoms with Crippen LogP contribution in [-0.4, -0.2) is 40.0 Å². The van der Waals surface area contributed by atoms with Crippen LogP contribution in [0, 0.1) is 28.1 Å². The molecule has 1 N–H and O–H groups in total. The molecule has 0 saturated heterocycles. The van der Waals surface area contributed by atoms with Gasteiger partial charge in [0.05, 0.1) is 12.2 Å². The standard InChI is InChI=1S/C28H33N3O3/c1-4-28-13-12-27(33,18-34-3)15-19(28)5-6-21-22-7-8-24(26(22,2)11-9-23(21)28)25(32)17-31-14-10-20(16-29)30-31/h7-11,14,19,33H,4-6,12-13,15,17-18H2,1-3H3/t19-,26-,27+,28-/m0/s1. The van der Waals surface area contributed by atoms with Crippen LogP contribution in [0.3, 0.4) is 0 Å². The number of allylic oxidation sites excluding steroid dienone is 8. The molecular formula is C28H33N3O3. The van der Waals surface area contributed by atoms with E-state index in [9.17, 15) is 9.90 Å². The molecule has 0 spiro atoms. The molecule has 1 saturated carbocycles. The Morgan fingerprint density at radius 3 is 2.91 bits per heavy atom. The number of ether oxygens (including phenoxy) is 1. The van der Waals surface area contributed by atoms with Crippen LogP contribution in [0.5, 0.6) is 0 Å². The van der Waals surface area contributed by atoms with E-state index < -0.39 is 11.0 Å². The summed E-state index contributed by atoms with van der Waals surface area (Å²) in [7, 11) is 1.67. The summed E-state index contributed by atoms with van der Waals surface area (Å²) in [6.07, 6.45) is 15.9. The Bertz CT molecular complexity index is 1200. The molecule has 6 nitrogen and oxygen atoms in total. The van der Waals surface area contributed by atoms with Gasteiger partial charge in [0.2, 0.25) is 0 Å². The van der Waals surface area contributed by atoms with Gasteiger partial charge in [0, 0.05) is 24.3 Å². The number of nitrogens with zero attached hydrogens (tertiary/aromatic N) is 3. The highest BCUT2D eigenvalue weighted by Crippen LogP contribution is 2.62. The van der Waals surface area contributed by atoms with E-state index in [0.29, 0.717) is 18.2 Å². The quantitative estimate of drug-likeness (QED) is 0.680. The molecule has 4 aliphatic rings. The third-order valence-corrected chi connectivity index (χ3v) is 8.90. The van der Waals surface area contributed by atoms with Gasteiger partial charge < -0.3 is 9.84 Å². The molecule has 0 amide bonds. The van der Waals surface area contributed by atoms with Gasteiger partial charge in [-0.05, 0) is 79.6 Å². The third-order valence-electron chi connectivity index (χ3n) is 8.90. The molecule has 4 aliphatic carbocycles. The molecule has 4 atom stereocenters. The molecule has 34 heavy (non-hydrogen) atoms. The molecule has 0 bridgehead atoms. The van der Waals surface area contributed by atoms with Crippen LogP contribution in [-0.2, 0) is 16.1 Å². The highest BCUT2D eigenvalue weighted by atomic mass is 16.5. The maximum atomic E-state index is 13.3. The number of hydrogen-bond acceptors (Lipinski definition) is 5. The number of methoxy groups -OCH3 is 1. The topological polar surface area (TPSA) is 88.1 Å². The van der Waals surface area contributed by atoms with Crippen molar-refractivity contribution in [3.63, 3.8) is 0 Å². The van der Waals surface area contributed by atoms with Crippen molar-refractivity contribution in [3.05, 3.63) is 64.6 Å². The zero-order valence-corrected chi connectivity index (χ0v) is 20.3. The van der Waals surface area contributed by atoms with Crippen molar-refractivity contribution in [2.45, 2.75) is 64.5 Å². The summed E-state index contributed by atoms with van der Waals surface area (Å²) in [5.41, 5.74) is 4.07. The number of aliphatic hydroxyl groups is 1. The number of Topliss-reactive ketones (excluding diaryl/α,β-unsaturated/α-hetero) is 1. The van der Waals surface area contributed by atoms with Crippen LogP contribution >= 0.6 is 0 Å². The van der Waals surface area contributed by atoms with E-state index in [-0.39, 0.29) is 17.7 Å². The normalized spacial score (nSPS) is 34.0. The predicted octanol–water partition coefficient (Wildman–Crippen LogP) is 4.43. The Kier molecular flexibility index (Phi) is 5.54. The van der Waals surface area contributed by atoms with Crippen molar-refractivity contribution in [2.24, 2.45) is 16.7 Å². The second-order valence-corrected chi connectivity index (χ2v) is 10.6. The lowest BCUT2D eigenvalue weighted by atomic mass is 9.51. The number of ketones is 1.